The topological polar surface area (TPSA) is 87.5 Å². The summed E-state index contributed by atoms with van der Waals surface area (Å²) in [6, 6.07) is 13.9. The van der Waals surface area contributed by atoms with Gasteiger partial charge in [-0.1, -0.05) is 18.2 Å². The van der Waals surface area contributed by atoms with E-state index in [1.165, 1.54) is 6.07 Å². The molecule has 4 rings (SSSR count). The summed E-state index contributed by atoms with van der Waals surface area (Å²) in [4.78, 5) is 25.7. The molecule has 2 aliphatic rings. The van der Waals surface area contributed by atoms with Gasteiger partial charge in [0.05, 0.1) is 4.92 Å². The second kappa shape index (κ2) is 6.76. The minimum atomic E-state index is -0.454. The number of nitrogens with one attached hydrogen (secondary N) is 2. The SMILES string of the molecule is O=C(c1ccc(Nc2ccccc2)c([N+](=O)[O-])c1)N1C[C@H]2CNC[C@H]2C1. The van der Waals surface area contributed by atoms with Crippen molar-refractivity contribution in [2.75, 3.05) is 31.5 Å². The summed E-state index contributed by atoms with van der Waals surface area (Å²) in [6.45, 7) is 3.31. The van der Waals surface area contributed by atoms with Crippen LogP contribution in [0.25, 0.3) is 0 Å². The molecule has 0 aromatic heterocycles. The van der Waals surface area contributed by atoms with Crippen molar-refractivity contribution in [3.05, 3.63) is 64.2 Å². The van der Waals surface area contributed by atoms with E-state index in [9.17, 15) is 14.9 Å². The lowest BCUT2D eigenvalue weighted by molar-refractivity contribution is -0.383. The van der Waals surface area contributed by atoms with E-state index in [1.54, 1.807) is 12.1 Å². The third-order valence-corrected chi connectivity index (χ3v) is 5.17. The van der Waals surface area contributed by atoms with Crippen LogP contribution < -0.4 is 10.6 Å². The standard InChI is InChI=1S/C19H20N4O3/c24-19(22-11-14-9-20-10-15(14)12-22)13-6-7-17(18(8-13)23(25)26)21-16-4-2-1-3-5-16/h1-8,14-15,20-21H,9-12H2/t14-,15+. The lowest BCUT2D eigenvalue weighted by Gasteiger charge is -2.18. The van der Waals surface area contributed by atoms with Crippen molar-refractivity contribution in [1.29, 1.82) is 0 Å². The van der Waals surface area contributed by atoms with E-state index in [0.717, 1.165) is 18.8 Å². The zero-order chi connectivity index (χ0) is 18.1. The number of nitrogens with zero attached hydrogens (tertiary/aromatic N) is 2. The average molecular weight is 352 g/mol. The fourth-order valence-corrected chi connectivity index (χ4v) is 3.80. The van der Waals surface area contributed by atoms with E-state index in [-0.39, 0.29) is 11.6 Å². The number of hydrogen-bond acceptors (Lipinski definition) is 5. The van der Waals surface area contributed by atoms with Crippen LogP contribution in [0.4, 0.5) is 17.1 Å². The molecule has 1 amide bonds. The van der Waals surface area contributed by atoms with Gasteiger partial charge in [0.25, 0.3) is 11.6 Å². The molecule has 0 radical (unpaired) electrons. The molecule has 2 aliphatic heterocycles. The molecule has 2 heterocycles. The Kier molecular flexibility index (Phi) is 4.30. The zero-order valence-corrected chi connectivity index (χ0v) is 14.2. The number of carbonyl (C=O) groups excluding carboxylic acids is 1. The lowest BCUT2D eigenvalue weighted by atomic mass is 10.0. The highest BCUT2D eigenvalue weighted by molar-refractivity contribution is 5.96. The molecule has 0 bridgehead atoms. The van der Waals surface area contributed by atoms with Crippen LogP contribution in [0, 0.1) is 22.0 Å². The summed E-state index contributed by atoms with van der Waals surface area (Å²) in [5.41, 5.74) is 1.40. The molecule has 2 aromatic carbocycles. The van der Waals surface area contributed by atoms with Crippen LogP contribution in [0.15, 0.2) is 48.5 Å². The summed E-state index contributed by atoms with van der Waals surface area (Å²) in [5, 5.41) is 17.9. The number of fused-ring (bicyclic) bond motifs is 1. The smallest absolute Gasteiger partial charge is 0.293 e. The lowest BCUT2D eigenvalue weighted by Crippen LogP contribution is -2.31. The molecule has 26 heavy (non-hydrogen) atoms. The molecular weight excluding hydrogens is 332 g/mol. The summed E-state index contributed by atoms with van der Waals surface area (Å²) in [6.07, 6.45) is 0. The first kappa shape index (κ1) is 16.5. The molecular formula is C19H20N4O3. The molecule has 0 unspecified atom stereocenters. The summed E-state index contributed by atoms with van der Waals surface area (Å²) < 4.78 is 0. The van der Waals surface area contributed by atoms with Crippen molar-refractivity contribution in [2.24, 2.45) is 11.8 Å². The van der Waals surface area contributed by atoms with Gasteiger partial charge in [0.1, 0.15) is 5.69 Å². The number of carbonyl (C=O) groups is 1. The second-order valence-electron chi connectivity index (χ2n) is 6.87. The molecule has 2 fully saturated rings. The fraction of sp³-hybridized carbons (Fsp3) is 0.316. The molecule has 134 valence electrons. The number of anilines is 2. The number of nitro benzene ring substituents is 1. The van der Waals surface area contributed by atoms with Gasteiger partial charge in [-0.15, -0.1) is 0 Å². The Labute approximate surface area is 151 Å². The molecule has 2 atom stereocenters. The minimum absolute atomic E-state index is 0.0965. The molecule has 7 heteroatoms. The molecule has 2 N–H and O–H groups in total. The number of hydrogen-bond donors (Lipinski definition) is 2. The van der Waals surface area contributed by atoms with Crippen molar-refractivity contribution in [3.8, 4) is 0 Å². The predicted molar refractivity (Wildman–Crippen MR) is 98.6 cm³/mol. The highest BCUT2D eigenvalue weighted by Gasteiger charge is 2.38. The number of nitro groups is 1. The first-order chi connectivity index (χ1) is 12.6. The quantitative estimate of drug-likeness (QED) is 0.652. The summed E-state index contributed by atoms with van der Waals surface area (Å²) >= 11 is 0. The predicted octanol–water partition coefficient (Wildman–Crippen LogP) is 2.63. The summed E-state index contributed by atoms with van der Waals surface area (Å²) in [5.74, 6) is 0.856. The van der Waals surface area contributed by atoms with Crippen molar-refractivity contribution in [2.45, 2.75) is 0 Å². The largest absolute Gasteiger partial charge is 0.350 e. The van der Waals surface area contributed by atoms with E-state index in [4.69, 9.17) is 0 Å². The van der Waals surface area contributed by atoms with E-state index >= 15 is 0 Å². The second-order valence-corrected chi connectivity index (χ2v) is 6.87. The Hall–Kier alpha value is -2.93. The monoisotopic (exact) mass is 352 g/mol. The first-order valence-corrected chi connectivity index (χ1v) is 8.72. The van der Waals surface area contributed by atoms with Gasteiger partial charge < -0.3 is 15.5 Å². The van der Waals surface area contributed by atoms with Gasteiger partial charge in [-0.05, 0) is 36.1 Å². The number of rotatable bonds is 4. The van der Waals surface area contributed by atoms with Crippen LogP contribution in [-0.2, 0) is 0 Å². The first-order valence-electron chi connectivity index (χ1n) is 8.72. The summed E-state index contributed by atoms with van der Waals surface area (Å²) in [7, 11) is 0. The third kappa shape index (κ3) is 3.13. The molecule has 0 saturated carbocycles. The van der Waals surface area contributed by atoms with Gasteiger partial charge in [-0.3, -0.25) is 14.9 Å². The maximum atomic E-state index is 12.8. The Balaban J connectivity index is 1.57. The zero-order valence-electron chi connectivity index (χ0n) is 14.2. The van der Waals surface area contributed by atoms with Gasteiger partial charge >= 0.3 is 0 Å². The highest BCUT2D eigenvalue weighted by Crippen LogP contribution is 2.31. The van der Waals surface area contributed by atoms with Gasteiger partial charge in [0, 0.05) is 43.5 Å². The van der Waals surface area contributed by atoms with E-state index in [2.05, 4.69) is 10.6 Å². The van der Waals surface area contributed by atoms with Crippen molar-refractivity contribution in [1.82, 2.24) is 10.2 Å². The van der Waals surface area contributed by atoms with E-state index < -0.39 is 4.92 Å². The van der Waals surface area contributed by atoms with E-state index in [1.807, 2.05) is 35.2 Å². The van der Waals surface area contributed by atoms with Crippen LogP contribution >= 0.6 is 0 Å². The van der Waals surface area contributed by atoms with Gasteiger partial charge in [0.2, 0.25) is 0 Å². The van der Waals surface area contributed by atoms with Crippen molar-refractivity contribution in [3.63, 3.8) is 0 Å². The highest BCUT2D eigenvalue weighted by atomic mass is 16.6. The van der Waals surface area contributed by atoms with Crippen molar-refractivity contribution >= 4 is 23.0 Å². The van der Waals surface area contributed by atoms with Crippen LogP contribution in [-0.4, -0.2) is 41.9 Å². The van der Waals surface area contributed by atoms with Crippen LogP contribution in [0.3, 0.4) is 0 Å². The Bertz CT molecular complexity index is 828. The number of benzene rings is 2. The van der Waals surface area contributed by atoms with Gasteiger partial charge in [-0.25, -0.2) is 0 Å². The maximum Gasteiger partial charge on any atom is 0.293 e. The van der Waals surface area contributed by atoms with Crippen LogP contribution in [0.5, 0.6) is 0 Å². The fourth-order valence-electron chi connectivity index (χ4n) is 3.80. The number of para-hydroxylation sites is 1. The minimum Gasteiger partial charge on any atom is -0.350 e. The number of likely N-dealkylation sites (tertiary alicyclic amines) is 1. The Morgan fingerprint density at radius 2 is 1.81 bits per heavy atom. The number of amides is 1. The Morgan fingerprint density at radius 1 is 1.12 bits per heavy atom. The van der Waals surface area contributed by atoms with E-state index in [0.29, 0.717) is 36.2 Å². The maximum absolute atomic E-state index is 12.8. The van der Waals surface area contributed by atoms with Crippen LogP contribution in [0.2, 0.25) is 0 Å². The molecule has 7 nitrogen and oxygen atoms in total. The van der Waals surface area contributed by atoms with Gasteiger partial charge in [-0.2, -0.15) is 0 Å². The molecule has 2 aromatic rings. The normalized spacial score (nSPS) is 21.5. The molecule has 2 saturated heterocycles. The Morgan fingerprint density at radius 3 is 2.46 bits per heavy atom. The van der Waals surface area contributed by atoms with Crippen molar-refractivity contribution < 1.29 is 9.72 Å². The average Bonchev–Trinajstić information content (AvgIpc) is 3.24. The third-order valence-electron chi connectivity index (χ3n) is 5.17. The molecule has 0 spiro atoms. The molecule has 0 aliphatic carbocycles. The van der Waals surface area contributed by atoms with Crippen LogP contribution in [0.1, 0.15) is 10.4 Å². The van der Waals surface area contributed by atoms with Gasteiger partial charge in [0.15, 0.2) is 0 Å².